The van der Waals surface area contributed by atoms with E-state index in [1.54, 1.807) is 53.4 Å². The van der Waals surface area contributed by atoms with Gasteiger partial charge in [-0.3, -0.25) is 9.59 Å². The van der Waals surface area contributed by atoms with Crippen molar-refractivity contribution in [2.45, 2.75) is 26.3 Å². The van der Waals surface area contributed by atoms with Crippen LogP contribution in [0, 0.1) is 0 Å². The number of halogens is 1. The van der Waals surface area contributed by atoms with E-state index >= 15 is 0 Å². The molecule has 0 spiro atoms. The van der Waals surface area contributed by atoms with Crippen molar-refractivity contribution in [2.24, 2.45) is 0 Å². The Bertz CT molecular complexity index is 1280. The maximum Gasteiger partial charge on any atom is 0.290 e. The molecule has 0 bridgehead atoms. The number of hydrogen-bond acceptors (Lipinski definition) is 6. The number of benzene rings is 2. The van der Waals surface area contributed by atoms with E-state index in [4.69, 9.17) is 20.8 Å². The lowest BCUT2D eigenvalue weighted by atomic mass is 9.95. The molecule has 0 radical (unpaired) electrons. The summed E-state index contributed by atoms with van der Waals surface area (Å²) in [5.41, 5.74) is 1.06. The molecule has 0 aliphatic carbocycles. The van der Waals surface area contributed by atoms with E-state index in [2.05, 4.69) is 18.7 Å². The van der Waals surface area contributed by atoms with Crippen LogP contribution < -0.4 is 4.74 Å². The number of aliphatic hydroxyl groups excluding tert-OH is 1. The molecule has 1 aliphatic rings. The van der Waals surface area contributed by atoms with Crippen molar-refractivity contribution in [3.8, 4) is 5.75 Å². The number of Topliss-reactive ketones (excluding diaryl/α,β-unsaturated/α-hetero) is 1. The smallest absolute Gasteiger partial charge is 0.290 e. The standard InChI is InChI=1S/C27H29ClN2O5/c1-4-29(5-2)13-8-14-30-23(17-9-6-11-19(28)15-17)22(25(32)27(30)33)24(31)21-16-18-10-7-12-20(34-3)26(18)35-21/h6-7,9-12,15-16,23,32H,4-5,8,13-14H2,1-3H3/t23-/m1/s1. The zero-order valence-corrected chi connectivity index (χ0v) is 20.8. The molecule has 1 amide bonds. The SMILES string of the molecule is CCN(CC)CCCN1C(=O)C(O)=C(C(=O)c2cc3cccc(OC)c3o2)[C@H]1c1cccc(Cl)c1. The van der Waals surface area contributed by atoms with E-state index in [0.717, 1.165) is 19.6 Å². The fourth-order valence-electron chi connectivity index (χ4n) is 4.59. The molecular formula is C27H29ClN2O5. The molecule has 1 atom stereocenters. The predicted molar refractivity (Wildman–Crippen MR) is 135 cm³/mol. The van der Waals surface area contributed by atoms with Crippen LogP contribution in [0.1, 0.15) is 42.4 Å². The second-order valence-corrected chi connectivity index (χ2v) is 8.85. The normalized spacial score (nSPS) is 16.1. The topological polar surface area (TPSA) is 83.2 Å². The first-order valence-electron chi connectivity index (χ1n) is 11.7. The van der Waals surface area contributed by atoms with Gasteiger partial charge in [0.15, 0.2) is 22.9 Å². The van der Waals surface area contributed by atoms with Crippen LogP contribution in [0.2, 0.25) is 5.02 Å². The Morgan fingerprint density at radius 1 is 1.17 bits per heavy atom. The highest BCUT2D eigenvalue weighted by Crippen LogP contribution is 2.40. The Hall–Kier alpha value is -3.29. The second-order valence-electron chi connectivity index (χ2n) is 8.42. The Balaban J connectivity index is 1.72. The van der Waals surface area contributed by atoms with Gasteiger partial charge < -0.3 is 24.1 Å². The van der Waals surface area contributed by atoms with Crippen molar-refractivity contribution in [3.63, 3.8) is 0 Å². The van der Waals surface area contributed by atoms with Crippen molar-refractivity contribution in [2.75, 3.05) is 33.3 Å². The van der Waals surface area contributed by atoms with Crippen LogP contribution in [-0.2, 0) is 4.79 Å². The average Bonchev–Trinajstić information content (AvgIpc) is 3.41. The summed E-state index contributed by atoms with van der Waals surface area (Å²) in [6, 6.07) is 13.2. The van der Waals surface area contributed by atoms with Crippen LogP contribution in [0.15, 0.2) is 64.3 Å². The van der Waals surface area contributed by atoms with Crippen LogP contribution in [-0.4, -0.2) is 59.9 Å². The number of ketones is 1. The third-order valence-electron chi connectivity index (χ3n) is 6.43. The molecule has 7 nitrogen and oxygen atoms in total. The number of nitrogens with zero attached hydrogens (tertiary/aromatic N) is 2. The molecule has 4 rings (SSSR count). The zero-order valence-electron chi connectivity index (χ0n) is 20.1. The first kappa shape index (κ1) is 24.8. The van der Waals surface area contributed by atoms with Gasteiger partial charge in [-0.15, -0.1) is 0 Å². The molecule has 3 aromatic rings. The number of carbonyl (C=O) groups is 2. The van der Waals surface area contributed by atoms with Gasteiger partial charge >= 0.3 is 0 Å². The lowest BCUT2D eigenvalue weighted by Gasteiger charge is -2.28. The largest absolute Gasteiger partial charge is 0.503 e. The third kappa shape index (κ3) is 4.79. The third-order valence-corrected chi connectivity index (χ3v) is 6.67. The summed E-state index contributed by atoms with van der Waals surface area (Å²) in [6.07, 6.45) is 0.696. The van der Waals surface area contributed by atoms with Crippen LogP contribution in [0.4, 0.5) is 0 Å². The van der Waals surface area contributed by atoms with Crippen LogP contribution in [0.3, 0.4) is 0 Å². The zero-order chi connectivity index (χ0) is 25.1. The van der Waals surface area contributed by atoms with E-state index in [0.29, 0.717) is 40.3 Å². The molecule has 0 saturated carbocycles. The molecule has 2 aromatic carbocycles. The number of furan rings is 1. The molecule has 1 N–H and O–H groups in total. The number of carbonyl (C=O) groups excluding carboxylic acids is 2. The molecule has 8 heteroatoms. The number of fused-ring (bicyclic) bond motifs is 1. The van der Waals surface area contributed by atoms with Crippen LogP contribution >= 0.6 is 11.6 Å². The Morgan fingerprint density at radius 3 is 2.60 bits per heavy atom. The average molecular weight is 497 g/mol. The number of amides is 1. The van der Waals surface area contributed by atoms with Gasteiger partial charge in [-0.05, 0) is 55.9 Å². The molecular weight excluding hydrogens is 468 g/mol. The van der Waals surface area contributed by atoms with Crippen molar-refractivity contribution in [1.82, 2.24) is 9.80 Å². The van der Waals surface area contributed by atoms with Crippen molar-refractivity contribution in [1.29, 1.82) is 0 Å². The van der Waals surface area contributed by atoms with Crippen molar-refractivity contribution < 1.29 is 23.8 Å². The monoisotopic (exact) mass is 496 g/mol. The minimum Gasteiger partial charge on any atom is -0.503 e. The lowest BCUT2D eigenvalue weighted by molar-refractivity contribution is -0.129. The molecule has 2 heterocycles. The van der Waals surface area contributed by atoms with Gasteiger partial charge in [0, 0.05) is 17.0 Å². The fraction of sp³-hybridized carbons (Fsp3) is 0.333. The summed E-state index contributed by atoms with van der Waals surface area (Å²) in [6.45, 7) is 7.17. The molecule has 35 heavy (non-hydrogen) atoms. The van der Waals surface area contributed by atoms with Crippen molar-refractivity contribution in [3.05, 3.63) is 76.2 Å². The number of rotatable bonds is 10. The van der Waals surface area contributed by atoms with E-state index in [-0.39, 0.29) is 11.3 Å². The van der Waals surface area contributed by atoms with Crippen LogP contribution in [0.5, 0.6) is 5.75 Å². The van der Waals surface area contributed by atoms with E-state index in [1.807, 2.05) is 0 Å². The van der Waals surface area contributed by atoms with E-state index < -0.39 is 23.5 Å². The summed E-state index contributed by atoms with van der Waals surface area (Å²) in [5, 5.41) is 12.1. The maximum atomic E-state index is 13.7. The predicted octanol–water partition coefficient (Wildman–Crippen LogP) is 5.41. The van der Waals surface area contributed by atoms with Crippen LogP contribution in [0.25, 0.3) is 11.0 Å². The van der Waals surface area contributed by atoms with Gasteiger partial charge in [0.05, 0.1) is 18.7 Å². The summed E-state index contributed by atoms with van der Waals surface area (Å²) in [5.74, 6) is -1.17. The number of aliphatic hydroxyl groups is 1. The summed E-state index contributed by atoms with van der Waals surface area (Å²) in [7, 11) is 1.52. The molecule has 184 valence electrons. The summed E-state index contributed by atoms with van der Waals surface area (Å²) < 4.78 is 11.2. The van der Waals surface area contributed by atoms with Gasteiger partial charge in [0.1, 0.15) is 0 Å². The molecule has 1 aliphatic heterocycles. The Morgan fingerprint density at radius 2 is 1.91 bits per heavy atom. The number of methoxy groups -OCH3 is 1. The molecule has 0 fully saturated rings. The Kier molecular flexibility index (Phi) is 7.48. The lowest BCUT2D eigenvalue weighted by Crippen LogP contribution is -2.34. The highest BCUT2D eigenvalue weighted by atomic mass is 35.5. The minimum absolute atomic E-state index is 0.0156. The fourth-order valence-corrected chi connectivity index (χ4v) is 4.78. The van der Waals surface area contributed by atoms with Gasteiger partial charge in [-0.1, -0.05) is 49.7 Å². The number of ether oxygens (including phenoxy) is 1. The first-order chi connectivity index (χ1) is 16.9. The number of para-hydroxylation sites is 1. The Labute approximate surface area is 209 Å². The van der Waals surface area contributed by atoms with Gasteiger partial charge in [0.25, 0.3) is 5.91 Å². The second kappa shape index (κ2) is 10.5. The highest BCUT2D eigenvalue weighted by Gasteiger charge is 2.44. The quantitative estimate of drug-likeness (QED) is 0.378. The maximum absolute atomic E-state index is 13.7. The first-order valence-corrected chi connectivity index (χ1v) is 12.1. The summed E-state index contributed by atoms with van der Waals surface area (Å²) in [4.78, 5) is 30.7. The summed E-state index contributed by atoms with van der Waals surface area (Å²) >= 11 is 6.25. The molecule has 1 aromatic heterocycles. The van der Waals surface area contributed by atoms with Gasteiger partial charge in [-0.2, -0.15) is 0 Å². The van der Waals surface area contributed by atoms with E-state index in [1.165, 1.54) is 7.11 Å². The number of hydrogen-bond donors (Lipinski definition) is 1. The van der Waals surface area contributed by atoms with Gasteiger partial charge in [0.2, 0.25) is 5.78 Å². The van der Waals surface area contributed by atoms with Crippen molar-refractivity contribution >= 4 is 34.3 Å². The minimum atomic E-state index is -0.777. The van der Waals surface area contributed by atoms with E-state index in [9.17, 15) is 14.7 Å². The molecule has 0 unspecified atom stereocenters. The molecule has 0 saturated heterocycles. The van der Waals surface area contributed by atoms with Gasteiger partial charge in [-0.25, -0.2) is 0 Å². The highest BCUT2D eigenvalue weighted by molar-refractivity contribution is 6.30.